The van der Waals surface area contributed by atoms with Crippen molar-refractivity contribution in [2.24, 2.45) is 0 Å². The molecule has 0 fully saturated rings. The lowest BCUT2D eigenvalue weighted by Crippen LogP contribution is -2.35. The summed E-state index contributed by atoms with van der Waals surface area (Å²) >= 11 is 7.79. The van der Waals surface area contributed by atoms with E-state index in [0.29, 0.717) is 43.2 Å². The fraction of sp³-hybridized carbons (Fsp3) is 0.286. The van der Waals surface area contributed by atoms with E-state index in [0.717, 1.165) is 23.1 Å². The average molecular weight is 604 g/mol. The van der Waals surface area contributed by atoms with Crippen LogP contribution in [-0.2, 0) is 6.42 Å². The van der Waals surface area contributed by atoms with E-state index in [1.807, 2.05) is 24.3 Å². The first kappa shape index (κ1) is 29.5. The predicted molar refractivity (Wildman–Crippen MR) is 157 cm³/mol. The van der Waals surface area contributed by atoms with Gasteiger partial charge in [0.05, 0.1) is 16.9 Å². The number of thiol groups is 1. The van der Waals surface area contributed by atoms with Crippen molar-refractivity contribution in [1.29, 1.82) is 0 Å². The third-order valence-electron chi connectivity index (χ3n) is 5.93. The van der Waals surface area contributed by atoms with Crippen molar-refractivity contribution in [3.63, 3.8) is 0 Å². The topological polar surface area (TPSA) is 73.9 Å². The standard InChI is InChI=1S/C28H32BrFN4O3S/c1-3-33(4-2)17-18-37-26-19-22(13-14-25(26)32-27(35)23-7-5-6-8-24(23)30)34(38)28(36)31-16-15-20-9-11-21(29)12-10-20/h5-14,19,38H,3-4,15-18H2,1-2H3,(H,31,36)(H,32,35). The van der Waals surface area contributed by atoms with Gasteiger partial charge in [-0.2, -0.15) is 0 Å². The van der Waals surface area contributed by atoms with Gasteiger partial charge in [-0.3, -0.25) is 4.79 Å². The maximum absolute atomic E-state index is 14.1. The highest BCUT2D eigenvalue weighted by molar-refractivity contribution is 9.10. The monoisotopic (exact) mass is 602 g/mol. The minimum absolute atomic E-state index is 0.0772. The molecule has 7 nitrogen and oxygen atoms in total. The van der Waals surface area contributed by atoms with Gasteiger partial charge in [-0.15, -0.1) is 0 Å². The molecule has 0 radical (unpaired) electrons. The molecule has 0 saturated carbocycles. The Bertz CT molecular complexity index is 1220. The summed E-state index contributed by atoms with van der Waals surface area (Å²) < 4.78 is 22.3. The molecule has 2 N–H and O–H groups in total. The van der Waals surface area contributed by atoms with Crippen LogP contribution < -0.4 is 19.7 Å². The van der Waals surface area contributed by atoms with Crippen molar-refractivity contribution in [2.75, 3.05) is 42.4 Å². The molecule has 3 aromatic rings. The molecule has 0 heterocycles. The van der Waals surface area contributed by atoms with E-state index in [1.54, 1.807) is 24.3 Å². The van der Waals surface area contributed by atoms with Crippen LogP contribution in [0.25, 0.3) is 0 Å². The highest BCUT2D eigenvalue weighted by atomic mass is 79.9. The number of likely N-dealkylation sites (N-methyl/N-ethyl adjacent to an activating group) is 1. The SMILES string of the molecule is CCN(CC)CCOc1cc(N(S)C(=O)NCCc2ccc(Br)cc2)ccc1NC(=O)c1ccccc1F. The predicted octanol–water partition coefficient (Wildman–Crippen LogP) is 6.16. The molecule has 0 bridgehead atoms. The quantitative estimate of drug-likeness (QED) is 0.217. The van der Waals surface area contributed by atoms with Crippen LogP contribution in [0.2, 0.25) is 0 Å². The Morgan fingerprint density at radius 3 is 2.42 bits per heavy atom. The molecule has 3 rings (SSSR count). The number of hydrogen-bond acceptors (Lipinski definition) is 5. The van der Waals surface area contributed by atoms with E-state index < -0.39 is 17.8 Å². The molecule has 0 aliphatic rings. The Labute approximate surface area is 237 Å². The average Bonchev–Trinajstić information content (AvgIpc) is 2.92. The summed E-state index contributed by atoms with van der Waals surface area (Å²) in [6.07, 6.45) is 0.668. The number of amides is 3. The van der Waals surface area contributed by atoms with Gasteiger partial charge < -0.3 is 20.3 Å². The molecule has 0 saturated heterocycles. The number of rotatable bonds is 12. The second-order valence-electron chi connectivity index (χ2n) is 8.41. The van der Waals surface area contributed by atoms with E-state index in [9.17, 15) is 14.0 Å². The number of carbonyl (C=O) groups is 2. The number of halogens is 2. The van der Waals surface area contributed by atoms with E-state index in [4.69, 9.17) is 4.74 Å². The van der Waals surface area contributed by atoms with E-state index in [-0.39, 0.29) is 5.56 Å². The number of hydrogen-bond donors (Lipinski definition) is 3. The van der Waals surface area contributed by atoms with Crippen molar-refractivity contribution in [2.45, 2.75) is 20.3 Å². The summed E-state index contributed by atoms with van der Waals surface area (Å²) in [5, 5.41) is 5.57. The van der Waals surface area contributed by atoms with E-state index >= 15 is 0 Å². The number of nitrogens with zero attached hydrogens (tertiary/aromatic N) is 2. The van der Waals surface area contributed by atoms with Gasteiger partial charge in [-0.25, -0.2) is 13.5 Å². The molecule has 0 aliphatic heterocycles. The fourth-order valence-corrected chi connectivity index (χ4v) is 4.14. The number of benzene rings is 3. The van der Waals surface area contributed by atoms with Crippen LogP contribution in [0.3, 0.4) is 0 Å². The van der Waals surface area contributed by atoms with Crippen LogP contribution >= 0.6 is 28.7 Å². The fourth-order valence-electron chi connectivity index (χ4n) is 3.68. The van der Waals surface area contributed by atoms with Gasteiger partial charge in [-0.05, 0) is 61.5 Å². The Morgan fingerprint density at radius 1 is 1.03 bits per heavy atom. The number of carbonyl (C=O) groups excluding carboxylic acids is 2. The minimum Gasteiger partial charge on any atom is -0.490 e. The number of nitrogens with one attached hydrogen (secondary N) is 2. The first-order valence-electron chi connectivity index (χ1n) is 12.4. The summed E-state index contributed by atoms with van der Waals surface area (Å²) in [4.78, 5) is 27.7. The third-order valence-corrected chi connectivity index (χ3v) is 6.87. The lowest BCUT2D eigenvalue weighted by molar-refractivity contribution is 0.102. The zero-order valence-corrected chi connectivity index (χ0v) is 23.9. The summed E-state index contributed by atoms with van der Waals surface area (Å²) in [5.41, 5.74) is 1.83. The first-order chi connectivity index (χ1) is 18.3. The number of ether oxygens (including phenoxy) is 1. The van der Waals surface area contributed by atoms with Gasteiger partial charge in [0.15, 0.2) is 0 Å². The van der Waals surface area contributed by atoms with Crippen LogP contribution in [-0.4, -0.2) is 49.6 Å². The molecule has 0 unspecified atom stereocenters. The molecule has 0 atom stereocenters. The lowest BCUT2D eigenvalue weighted by atomic mass is 10.1. The molecule has 3 aromatic carbocycles. The van der Waals surface area contributed by atoms with Gasteiger partial charge in [0.25, 0.3) is 5.91 Å². The molecule has 38 heavy (non-hydrogen) atoms. The van der Waals surface area contributed by atoms with Gasteiger partial charge in [0.1, 0.15) is 18.2 Å². The highest BCUT2D eigenvalue weighted by Gasteiger charge is 2.18. The molecular weight excluding hydrogens is 571 g/mol. The normalized spacial score (nSPS) is 10.8. The lowest BCUT2D eigenvalue weighted by Gasteiger charge is -2.21. The second kappa shape index (κ2) is 14.8. The maximum atomic E-state index is 14.1. The van der Waals surface area contributed by atoms with Gasteiger partial charge in [-0.1, -0.05) is 66.9 Å². The summed E-state index contributed by atoms with van der Waals surface area (Å²) in [6.45, 7) is 7.36. The summed E-state index contributed by atoms with van der Waals surface area (Å²) in [6, 6.07) is 18.1. The number of anilines is 2. The van der Waals surface area contributed by atoms with Gasteiger partial charge in [0.2, 0.25) is 0 Å². The van der Waals surface area contributed by atoms with Crippen LogP contribution in [0, 0.1) is 5.82 Å². The van der Waals surface area contributed by atoms with Gasteiger partial charge >= 0.3 is 6.03 Å². The molecule has 0 aromatic heterocycles. The Kier molecular flexibility index (Phi) is 11.4. The Balaban J connectivity index is 1.72. The van der Waals surface area contributed by atoms with Crippen molar-refractivity contribution in [1.82, 2.24) is 10.2 Å². The molecule has 0 aliphatic carbocycles. The van der Waals surface area contributed by atoms with Crippen LogP contribution in [0.4, 0.5) is 20.6 Å². The first-order valence-corrected chi connectivity index (χ1v) is 13.6. The van der Waals surface area contributed by atoms with Crippen molar-refractivity contribution >= 4 is 52.1 Å². The van der Waals surface area contributed by atoms with Crippen molar-refractivity contribution in [3.8, 4) is 5.75 Å². The Hall–Kier alpha value is -3.08. The van der Waals surface area contributed by atoms with Crippen LogP contribution in [0.5, 0.6) is 5.75 Å². The Morgan fingerprint density at radius 2 is 1.74 bits per heavy atom. The van der Waals surface area contributed by atoms with E-state index in [1.165, 1.54) is 22.5 Å². The summed E-state index contributed by atoms with van der Waals surface area (Å²) in [5.74, 6) is -0.870. The van der Waals surface area contributed by atoms with Gasteiger partial charge in [0, 0.05) is 23.6 Å². The largest absolute Gasteiger partial charge is 0.490 e. The second-order valence-corrected chi connectivity index (χ2v) is 9.73. The van der Waals surface area contributed by atoms with Crippen molar-refractivity contribution in [3.05, 3.63) is 88.1 Å². The van der Waals surface area contributed by atoms with Crippen LogP contribution in [0.1, 0.15) is 29.8 Å². The molecular formula is C28H32BrFN4O3S. The number of urea groups is 1. The summed E-state index contributed by atoms with van der Waals surface area (Å²) in [7, 11) is 0. The third kappa shape index (κ3) is 8.47. The molecule has 202 valence electrons. The molecule has 3 amide bonds. The smallest absolute Gasteiger partial charge is 0.331 e. The highest BCUT2D eigenvalue weighted by Crippen LogP contribution is 2.31. The van der Waals surface area contributed by atoms with Crippen molar-refractivity contribution < 1.29 is 18.7 Å². The van der Waals surface area contributed by atoms with Crippen LogP contribution in [0.15, 0.2) is 71.2 Å². The minimum atomic E-state index is -0.619. The maximum Gasteiger partial charge on any atom is 0.331 e. The zero-order valence-electron chi connectivity index (χ0n) is 21.4. The van der Waals surface area contributed by atoms with E-state index in [2.05, 4.69) is 58.1 Å². The zero-order chi connectivity index (χ0) is 27.5. The molecule has 10 heteroatoms. The molecule has 0 spiro atoms.